The third-order valence-electron chi connectivity index (χ3n) is 8.00. The maximum Gasteiger partial charge on any atom is 0.0701 e. The van der Waals surface area contributed by atoms with Gasteiger partial charge in [-0.05, 0) is 12.8 Å². The summed E-state index contributed by atoms with van der Waals surface area (Å²) in [5.41, 5.74) is 0. The first-order valence-corrected chi connectivity index (χ1v) is 21.4. The summed E-state index contributed by atoms with van der Waals surface area (Å²) in [5, 5.41) is 0. The van der Waals surface area contributed by atoms with E-state index in [9.17, 15) is 0 Å². The summed E-state index contributed by atoms with van der Waals surface area (Å²) in [6.07, 6.45) is 17.0. The fourth-order valence-electron chi connectivity index (χ4n) is 4.89. The monoisotopic (exact) mass is 785 g/mol. The van der Waals surface area contributed by atoms with Crippen LogP contribution in [0, 0.1) is 0 Å². The Bertz CT molecular complexity index is 584. The van der Waals surface area contributed by atoms with Gasteiger partial charge < -0.3 is 61.6 Å². The molecule has 0 aliphatic carbocycles. The zero-order valence-electron chi connectivity index (χ0n) is 34.9. The van der Waals surface area contributed by atoms with E-state index in [2.05, 4.69) is 13.8 Å². The smallest absolute Gasteiger partial charge is 0.0701 e. The van der Waals surface area contributed by atoms with Crippen molar-refractivity contribution in [2.75, 3.05) is 172 Å². The fourth-order valence-corrected chi connectivity index (χ4v) is 4.89. The fraction of sp³-hybridized carbons (Fsp3) is 1.00. The molecular formula is C41H84O13. The highest BCUT2D eigenvalue weighted by molar-refractivity contribution is 4.48. The number of hydrogen-bond donors (Lipinski definition) is 0. The normalized spacial score (nSPS) is 11.7. The van der Waals surface area contributed by atoms with Crippen LogP contribution in [0.3, 0.4) is 0 Å². The van der Waals surface area contributed by atoms with Gasteiger partial charge in [0.15, 0.2) is 0 Å². The van der Waals surface area contributed by atoms with Crippen LogP contribution in [0.5, 0.6) is 0 Å². The van der Waals surface area contributed by atoms with Crippen molar-refractivity contribution in [3.05, 3.63) is 0 Å². The average molecular weight is 785 g/mol. The Kier molecular flexibility index (Phi) is 52.0. The van der Waals surface area contributed by atoms with E-state index < -0.39 is 0 Å². The number of hydrogen-bond acceptors (Lipinski definition) is 13. The van der Waals surface area contributed by atoms with Gasteiger partial charge in [-0.2, -0.15) is 0 Å². The Morgan fingerprint density at radius 3 is 0.481 bits per heavy atom. The van der Waals surface area contributed by atoms with Crippen LogP contribution < -0.4 is 0 Å². The summed E-state index contributed by atoms with van der Waals surface area (Å²) < 4.78 is 71.8. The molecule has 0 rings (SSSR count). The topological polar surface area (TPSA) is 120 Å². The summed E-state index contributed by atoms with van der Waals surface area (Å²) in [7, 11) is 0. The molecule has 0 aromatic rings. The second-order valence-electron chi connectivity index (χ2n) is 12.8. The Balaban J connectivity index is 3.05. The van der Waals surface area contributed by atoms with Crippen molar-refractivity contribution in [3.8, 4) is 0 Å². The van der Waals surface area contributed by atoms with Crippen LogP contribution in [0.1, 0.15) is 97.3 Å². The van der Waals surface area contributed by atoms with Crippen molar-refractivity contribution in [2.45, 2.75) is 97.3 Å². The maximum absolute atomic E-state index is 5.66. The van der Waals surface area contributed by atoms with Gasteiger partial charge in [0.05, 0.1) is 159 Å². The highest BCUT2D eigenvalue weighted by atomic mass is 16.6. The zero-order chi connectivity index (χ0) is 38.8. The molecule has 13 heteroatoms. The van der Waals surface area contributed by atoms with Crippen LogP contribution >= 0.6 is 0 Å². The second kappa shape index (κ2) is 52.5. The van der Waals surface area contributed by atoms with E-state index in [1.807, 2.05) is 0 Å². The third-order valence-corrected chi connectivity index (χ3v) is 8.00. The van der Waals surface area contributed by atoms with Gasteiger partial charge in [0.25, 0.3) is 0 Å². The molecule has 0 atom stereocenters. The molecule has 0 bridgehead atoms. The molecule has 0 heterocycles. The van der Waals surface area contributed by atoms with Crippen LogP contribution in [0.25, 0.3) is 0 Å². The first kappa shape index (κ1) is 53.5. The molecule has 0 saturated heterocycles. The molecule has 0 aliphatic heterocycles. The standard InChI is InChI=1S/C41H84O13/c1-3-5-7-8-9-10-11-12-13-15-17-43-19-21-45-23-25-47-27-29-49-31-33-51-35-37-53-39-41-54-40-38-52-36-34-50-32-30-48-28-26-46-24-22-44-20-18-42-16-14-6-4-2/h3-41H2,1-2H3. The lowest BCUT2D eigenvalue weighted by atomic mass is 10.1. The molecule has 0 saturated carbocycles. The summed E-state index contributed by atoms with van der Waals surface area (Å²) in [6, 6.07) is 0. The Morgan fingerprint density at radius 2 is 0.278 bits per heavy atom. The van der Waals surface area contributed by atoms with Gasteiger partial charge in [-0.1, -0.05) is 84.5 Å². The van der Waals surface area contributed by atoms with Gasteiger partial charge in [0.2, 0.25) is 0 Å². The molecule has 0 radical (unpaired) electrons. The summed E-state index contributed by atoms with van der Waals surface area (Å²) >= 11 is 0. The molecule has 0 aromatic heterocycles. The van der Waals surface area contributed by atoms with E-state index in [0.717, 1.165) is 26.1 Å². The van der Waals surface area contributed by atoms with Gasteiger partial charge in [-0.15, -0.1) is 0 Å². The van der Waals surface area contributed by atoms with Gasteiger partial charge >= 0.3 is 0 Å². The zero-order valence-corrected chi connectivity index (χ0v) is 34.9. The molecular weight excluding hydrogens is 700 g/mol. The van der Waals surface area contributed by atoms with Crippen LogP contribution in [0.4, 0.5) is 0 Å². The minimum atomic E-state index is 0.517. The lowest BCUT2D eigenvalue weighted by Gasteiger charge is -2.09. The first-order chi connectivity index (χ1) is 26.9. The van der Waals surface area contributed by atoms with Crippen LogP contribution in [-0.2, 0) is 61.6 Å². The highest BCUT2D eigenvalue weighted by Crippen LogP contribution is 2.10. The van der Waals surface area contributed by atoms with E-state index in [4.69, 9.17) is 61.6 Å². The van der Waals surface area contributed by atoms with Gasteiger partial charge in [-0.3, -0.25) is 0 Å². The Hall–Kier alpha value is -0.520. The van der Waals surface area contributed by atoms with Gasteiger partial charge in [0, 0.05) is 13.2 Å². The SMILES string of the molecule is CCCCCCCCCCCCOCCOCCOCCOCCOCCOCCOCCOCCOCCOCCOCCOCCOCCCCC. The van der Waals surface area contributed by atoms with Crippen LogP contribution in [0.15, 0.2) is 0 Å². The molecule has 0 amide bonds. The maximum atomic E-state index is 5.66. The lowest BCUT2D eigenvalue weighted by molar-refractivity contribution is -0.0290. The second-order valence-corrected chi connectivity index (χ2v) is 12.8. The van der Waals surface area contributed by atoms with Gasteiger partial charge in [0.1, 0.15) is 0 Å². The van der Waals surface area contributed by atoms with Gasteiger partial charge in [-0.25, -0.2) is 0 Å². The quantitative estimate of drug-likeness (QED) is 0.0642. The molecule has 0 fully saturated rings. The number of ether oxygens (including phenoxy) is 13. The Morgan fingerprint density at radius 1 is 0.148 bits per heavy atom. The van der Waals surface area contributed by atoms with Crippen molar-refractivity contribution < 1.29 is 61.6 Å². The summed E-state index contributed by atoms with van der Waals surface area (Å²) in [5.74, 6) is 0. The average Bonchev–Trinajstić information content (AvgIpc) is 3.18. The van der Waals surface area contributed by atoms with Crippen molar-refractivity contribution in [2.24, 2.45) is 0 Å². The molecule has 326 valence electrons. The molecule has 54 heavy (non-hydrogen) atoms. The van der Waals surface area contributed by atoms with Crippen molar-refractivity contribution in [1.29, 1.82) is 0 Å². The molecule has 0 aromatic carbocycles. The lowest BCUT2D eigenvalue weighted by Crippen LogP contribution is -2.15. The molecule has 0 N–H and O–H groups in total. The van der Waals surface area contributed by atoms with Crippen molar-refractivity contribution >= 4 is 0 Å². The summed E-state index contributed by atoms with van der Waals surface area (Å²) in [4.78, 5) is 0. The van der Waals surface area contributed by atoms with E-state index in [0.29, 0.717) is 159 Å². The van der Waals surface area contributed by atoms with E-state index >= 15 is 0 Å². The first-order valence-electron chi connectivity index (χ1n) is 21.4. The number of unbranched alkanes of at least 4 members (excludes halogenated alkanes) is 11. The minimum Gasteiger partial charge on any atom is -0.379 e. The van der Waals surface area contributed by atoms with E-state index in [1.54, 1.807) is 0 Å². The van der Waals surface area contributed by atoms with E-state index in [1.165, 1.54) is 70.6 Å². The Labute approximate surface area is 330 Å². The highest BCUT2D eigenvalue weighted by Gasteiger charge is 1.98. The number of rotatable bonds is 51. The molecule has 0 spiro atoms. The predicted octanol–water partition coefficient (Wildman–Crippen LogP) is 6.31. The van der Waals surface area contributed by atoms with Crippen molar-refractivity contribution in [1.82, 2.24) is 0 Å². The van der Waals surface area contributed by atoms with E-state index in [-0.39, 0.29) is 0 Å². The summed E-state index contributed by atoms with van der Waals surface area (Å²) in [6.45, 7) is 19.3. The molecule has 0 aliphatic rings. The predicted molar refractivity (Wildman–Crippen MR) is 212 cm³/mol. The molecule has 13 nitrogen and oxygen atoms in total. The third kappa shape index (κ3) is 51.5. The molecule has 0 unspecified atom stereocenters. The minimum absolute atomic E-state index is 0.517. The largest absolute Gasteiger partial charge is 0.379 e. The van der Waals surface area contributed by atoms with Crippen LogP contribution in [-0.4, -0.2) is 172 Å². The van der Waals surface area contributed by atoms with Crippen LogP contribution in [0.2, 0.25) is 0 Å². The van der Waals surface area contributed by atoms with Crippen molar-refractivity contribution in [3.63, 3.8) is 0 Å².